The second kappa shape index (κ2) is 15.2. The maximum Gasteiger partial charge on any atom is 0.326 e. The maximum absolute atomic E-state index is 13.0. The molecule has 0 aliphatic carbocycles. The number of aliphatic carboxylic acids is 1. The highest BCUT2D eigenvalue weighted by Crippen LogP contribution is 2.20. The number of carboxylic acid groups (broad SMARTS) is 1. The average molecular weight is 454 g/mol. The quantitative estimate of drug-likeness (QED) is 0.212. The van der Waals surface area contributed by atoms with Crippen molar-refractivity contribution >= 4 is 24.5 Å². The van der Waals surface area contributed by atoms with Gasteiger partial charge in [0.05, 0.1) is 0 Å². The van der Waals surface area contributed by atoms with Gasteiger partial charge in [0.15, 0.2) is 0 Å². The molecular weight excluding hydrogens is 414 g/mol. The van der Waals surface area contributed by atoms with Crippen LogP contribution in [0, 0.1) is 11.8 Å². The molecule has 6 N–H and O–H groups in total. The Kier molecular flexibility index (Phi) is 13.5. The number of aliphatic hydroxyl groups is 1. The van der Waals surface area contributed by atoms with Gasteiger partial charge in [-0.1, -0.05) is 50.6 Å². The molecule has 4 unspecified atom stereocenters. The van der Waals surface area contributed by atoms with Gasteiger partial charge in [-0.25, -0.2) is 4.79 Å². The highest BCUT2D eigenvalue weighted by atomic mass is 32.1. The monoisotopic (exact) mass is 453 g/mol. The molecule has 0 fully saturated rings. The number of amides is 1. The zero-order valence-corrected chi connectivity index (χ0v) is 19.6. The van der Waals surface area contributed by atoms with Crippen LogP contribution >= 0.6 is 12.6 Å². The summed E-state index contributed by atoms with van der Waals surface area (Å²) >= 11 is 4.24. The molecule has 0 radical (unpaired) electrons. The number of aliphatic hydroxyl groups excluding tert-OH is 1. The van der Waals surface area contributed by atoms with Crippen molar-refractivity contribution in [3.63, 3.8) is 0 Å². The van der Waals surface area contributed by atoms with Gasteiger partial charge in [-0.2, -0.15) is 12.6 Å². The minimum absolute atomic E-state index is 0.0161. The molecule has 0 aromatic heterocycles. The Morgan fingerprint density at radius 2 is 1.84 bits per heavy atom. The van der Waals surface area contributed by atoms with E-state index in [1.807, 2.05) is 30.3 Å². The van der Waals surface area contributed by atoms with E-state index < -0.39 is 12.0 Å². The first kappa shape index (κ1) is 27.4. The van der Waals surface area contributed by atoms with E-state index in [1.165, 1.54) is 0 Å². The average Bonchev–Trinajstić information content (AvgIpc) is 2.77. The molecule has 1 amide bonds. The molecule has 0 saturated heterocycles. The maximum atomic E-state index is 13.0. The molecule has 31 heavy (non-hydrogen) atoms. The Balaban J connectivity index is 2.90. The number of thiol groups is 1. The molecule has 0 bridgehead atoms. The van der Waals surface area contributed by atoms with Gasteiger partial charge >= 0.3 is 5.97 Å². The molecule has 7 nitrogen and oxygen atoms in total. The summed E-state index contributed by atoms with van der Waals surface area (Å²) in [5.74, 6) is -0.787. The lowest BCUT2D eigenvalue weighted by Crippen LogP contribution is -2.46. The number of carbonyl (C=O) groups excluding carboxylic acids is 1. The molecule has 176 valence electrons. The lowest BCUT2D eigenvalue weighted by molar-refractivity contribution is -0.143. The second-order valence-corrected chi connectivity index (χ2v) is 8.58. The summed E-state index contributed by atoms with van der Waals surface area (Å²) < 4.78 is 0. The second-order valence-electron chi connectivity index (χ2n) is 8.22. The van der Waals surface area contributed by atoms with Crippen molar-refractivity contribution in [2.45, 2.75) is 64.1 Å². The summed E-state index contributed by atoms with van der Waals surface area (Å²) in [4.78, 5) is 24.4. The van der Waals surface area contributed by atoms with Crippen molar-refractivity contribution in [3.8, 4) is 0 Å². The molecule has 1 rings (SSSR count). The summed E-state index contributed by atoms with van der Waals surface area (Å²) in [6.45, 7) is 4.67. The van der Waals surface area contributed by atoms with Crippen molar-refractivity contribution in [1.29, 1.82) is 0 Å². The fraction of sp³-hybridized carbons (Fsp3) is 0.652. The third-order valence-electron chi connectivity index (χ3n) is 5.76. The Hall–Kier alpha value is -1.61. The molecule has 5 atom stereocenters. The molecule has 0 aliphatic heterocycles. The summed E-state index contributed by atoms with van der Waals surface area (Å²) in [6, 6.07) is 8.80. The molecule has 0 aliphatic rings. The predicted molar refractivity (Wildman–Crippen MR) is 127 cm³/mol. The number of nitrogens with two attached hydrogens (primary N) is 1. The predicted octanol–water partition coefficient (Wildman–Crippen LogP) is 1.84. The summed E-state index contributed by atoms with van der Waals surface area (Å²) in [7, 11) is 0. The molecule has 0 spiro atoms. The van der Waals surface area contributed by atoms with Crippen LogP contribution in [0.5, 0.6) is 0 Å². The van der Waals surface area contributed by atoms with Crippen LogP contribution in [0.25, 0.3) is 0 Å². The molecule has 0 heterocycles. The highest BCUT2D eigenvalue weighted by Gasteiger charge is 2.27. The number of rotatable bonds is 16. The Morgan fingerprint density at radius 1 is 1.16 bits per heavy atom. The smallest absolute Gasteiger partial charge is 0.326 e. The van der Waals surface area contributed by atoms with Crippen LogP contribution in [0.1, 0.15) is 45.1 Å². The van der Waals surface area contributed by atoms with E-state index in [0.717, 1.165) is 18.4 Å². The number of carbonyl (C=O) groups is 2. The topological polar surface area (TPSA) is 125 Å². The SMILES string of the molecule is CCC(C)C(CCC(Cc1ccccc1)C(=O)NC(CCO)C(=O)O)NC[C@H](N)CS. The van der Waals surface area contributed by atoms with Gasteiger partial charge in [0.2, 0.25) is 5.91 Å². The Bertz CT molecular complexity index is 647. The standard InChI is InChI=1S/C23H39N3O4S/c1-3-16(2)20(25-14-19(24)15-31)10-9-18(13-17-7-5-4-6-8-17)22(28)26-21(11-12-27)23(29)30/h4-8,16,18-21,25,27,31H,3,9-15,24H2,1-2H3,(H,26,28)(H,29,30)/t16?,18?,19-,20?,21?/m0/s1. The lowest BCUT2D eigenvalue weighted by atomic mass is 9.87. The minimum atomic E-state index is -1.14. The van der Waals surface area contributed by atoms with Crippen molar-refractivity contribution in [2.24, 2.45) is 17.6 Å². The van der Waals surface area contributed by atoms with Gasteiger partial charge < -0.3 is 26.6 Å². The van der Waals surface area contributed by atoms with Crippen LogP contribution in [-0.4, -0.2) is 59.1 Å². The minimum Gasteiger partial charge on any atom is -0.480 e. The number of hydrogen-bond acceptors (Lipinski definition) is 6. The van der Waals surface area contributed by atoms with Gasteiger partial charge in [-0.15, -0.1) is 0 Å². The fourth-order valence-electron chi connectivity index (χ4n) is 3.52. The third kappa shape index (κ3) is 10.5. The fourth-order valence-corrected chi connectivity index (χ4v) is 3.65. The van der Waals surface area contributed by atoms with Crippen LogP contribution in [0.3, 0.4) is 0 Å². The number of benzene rings is 1. The Labute approximate surface area is 191 Å². The summed E-state index contributed by atoms with van der Waals surface area (Å²) in [5.41, 5.74) is 7.03. The van der Waals surface area contributed by atoms with Crippen LogP contribution < -0.4 is 16.4 Å². The Morgan fingerprint density at radius 3 is 2.39 bits per heavy atom. The van der Waals surface area contributed by atoms with Crippen LogP contribution in [0.2, 0.25) is 0 Å². The van der Waals surface area contributed by atoms with Crippen molar-refractivity contribution in [3.05, 3.63) is 35.9 Å². The molecule has 0 saturated carbocycles. The van der Waals surface area contributed by atoms with Crippen molar-refractivity contribution in [2.75, 3.05) is 18.9 Å². The normalized spacial score (nSPS) is 16.2. The largest absolute Gasteiger partial charge is 0.480 e. The van der Waals surface area contributed by atoms with Gasteiger partial charge in [-0.05, 0) is 30.7 Å². The van der Waals surface area contributed by atoms with Gasteiger partial charge in [-0.3, -0.25) is 4.79 Å². The van der Waals surface area contributed by atoms with E-state index in [0.29, 0.717) is 31.1 Å². The zero-order chi connectivity index (χ0) is 23.2. The molecular formula is C23H39N3O4S. The number of hydrogen-bond donors (Lipinski definition) is 6. The van der Waals surface area contributed by atoms with Gasteiger partial charge in [0, 0.05) is 43.3 Å². The first-order chi connectivity index (χ1) is 14.8. The number of carboxylic acids is 1. The first-order valence-electron chi connectivity index (χ1n) is 11.1. The van der Waals surface area contributed by atoms with Crippen LogP contribution in [-0.2, 0) is 16.0 Å². The van der Waals surface area contributed by atoms with Crippen molar-refractivity contribution in [1.82, 2.24) is 10.6 Å². The molecule has 1 aromatic carbocycles. The lowest BCUT2D eigenvalue weighted by Gasteiger charge is -2.28. The number of nitrogens with one attached hydrogen (secondary N) is 2. The van der Waals surface area contributed by atoms with E-state index in [-0.39, 0.29) is 36.9 Å². The van der Waals surface area contributed by atoms with E-state index in [4.69, 9.17) is 10.8 Å². The van der Waals surface area contributed by atoms with E-state index in [1.54, 1.807) is 0 Å². The molecule has 8 heteroatoms. The van der Waals surface area contributed by atoms with Crippen LogP contribution in [0.4, 0.5) is 0 Å². The van der Waals surface area contributed by atoms with Crippen LogP contribution in [0.15, 0.2) is 30.3 Å². The highest BCUT2D eigenvalue weighted by molar-refractivity contribution is 7.80. The third-order valence-corrected chi connectivity index (χ3v) is 6.23. The van der Waals surface area contributed by atoms with Gasteiger partial charge in [0.1, 0.15) is 6.04 Å². The summed E-state index contributed by atoms with van der Waals surface area (Å²) in [6.07, 6.45) is 2.90. The molecule has 1 aromatic rings. The van der Waals surface area contributed by atoms with E-state index in [2.05, 4.69) is 37.1 Å². The zero-order valence-electron chi connectivity index (χ0n) is 18.7. The first-order valence-corrected chi connectivity index (χ1v) is 11.7. The van der Waals surface area contributed by atoms with E-state index in [9.17, 15) is 14.7 Å². The van der Waals surface area contributed by atoms with E-state index >= 15 is 0 Å². The summed E-state index contributed by atoms with van der Waals surface area (Å²) in [5, 5.41) is 24.6. The van der Waals surface area contributed by atoms with Gasteiger partial charge in [0.25, 0.3) is 0 Å². The van der Waals surface area contributed by atoms with Crippen molar-refractivity contribution < 1.29 is 19.8 Å².